The van der Waals surface area contributed by atoms with E-state index in [9.17, 15) is 22.4 Å². The third kappa shape index (κ3) is 1.98. The van der Waals surface area contributed by atoms with Crippen LogP contribution >= 0.6 is 0 Å². The molecule has 0 saturated carbocycles. The summed E-state index contributed by atoms with van der Waals surface area (Å²) in [5.41, 5.74) is -1.01. The molecule has 1 aromatic rings. The van der Waals surface area contributed by atoms with Gasteiger partial charge in [0, 0.05) is 13.6 Å². The van der Waals surface area contributed by atoms with Crippen molar-refractivity contribution in [1.82, 2.24) is 9.88 Å². The number of hydrogen-bond acceptors (Lipinski definition) is 3. The van der Waals surface area contributed by atoms with Crippen molar-refractivity contribution in [2.45, 2.75) is 12.5 Å². The van der Waals surface area contributed by atoms with E-state index in [-0.39, 0.29) is 0 Å². The Bertz CT molecular complexity index is 482. The normalized spacial score (nSPS) is 19.5. The van der Waals surface area contributed by atoms with Crippen LogP contribution in [0.1, 0.15) is 6.42 Å². The Morgan fingerprint density at radius 3 is 2.22 bits per heavy atom. The summed E-state index contributed by atoms with van der Waals surface area (Å²) in [7, 11) is 1.52. The first-order valence-electron chi connectivity index (χ1n) is 5.13. The van der Waals surface area contributed by atoms with Gasteiger partial charge in [-0.05, 0) is 6.42 Å². The maximum absolute atomic E-state index is 13.3. The number of nitrogens with zero attached hydrogens (tertiary/aromatic N) is 2. The molecule has 1 aliphatic heterocycles. The molecule has 1 amide bonds. The molecule has 8 heteroatoms. The van der Waals surface area contributed by atoms with Crippen LogP contribution in [-0.4, -0.2) is 35.4 Å². The predicted octanol–water partition coefficient (Wildman–Crippen LogP) is 1.28. The molecule has 1 fully saturated rings. The molecule has 1 aliphatic rings. The maximum Gasteiger partial charge on any atom is 0.253 e. The van der Waals surface area contributed by atoms with E-state index in [1.54, 1.807) is 0 Å². The number of hydrogen-bond donors (Lipinski definition) is 1. The molecule has 1 unspecified atom stereocenters. The number of carbonyl (C=O) groups excluding carboxylic acids is 1. The molecular formula is C10H9F4N3O. The average molecular weight is 263 g/mol. The molecule has 18 heavy (non-hydrogen) atoms. The van der Waals surface area contributed by atoms with E-state index >= 15 is 0 Å². The van der Waals surface area contributed by atoms with Gasteiger partial charge in [-0.1, -0.05) is 0 Å². The highest BCUT2D eigenvalue weighted by atomic mass is 19.2. The fourth-order valence-electron chi connectivity index (χ4n) is 1.74. The standard InChI is InChI=1S/C10H9F4N3O/c1-17-3-2-4(10(17)18)15-7-5(11)8(13)16-9(14)6(7)12/h4H,2-3H2,1H3,(H,15,16). The van der Waals surface area contributed by atoms with Gasteiger partial charge < -0.3 is 10.2 Å². The zero-order valence-electron chi connectivity index (χ0n) is 9.31. The van der Waals surface area contributed by atoms with E-state index in [0.29, 0.717) is 13.0 Å². The van der Waals surface area contributed by atoms with Crippen LogP contribution in [0.5, 0.6) is 0 Å². The van der Waals surface area contributed by atoms with Crippen LogP contribution in [-0.2, 0) is 4.79 Å². The number of anilines is 1. The summed E-state index contributed by atoms with van der Waals surface area (Å²) in [6, 6.07) is -0.903. The molecule has 98 valence electrons. The summed E-state index contributed by atoms with van der Waals surface area (Å²) in [4.78, 5) is 15.3. The van der Waals surface area contributed by atoms with Crippen molar-refractivity contribution in [2.75, 3.05) is 18.9 Å². The van der Waals surface area contributed by atoms with Crippen LogP contribution in [0.2, 0.25) is 0 Å². The lowest BCUT2D eigenvalue weighted by atomic mass is 10.2. The van der Waals surface area contributed by atoms with E-state index < -0.39 is 41.2 Å². The van der Waals surface area contributed by atoms with E-state index in [4.69, 9.17) is 0 Å². The Balaban J connectivity index is 2.32. The van der Waals surface area contributed by atoms with Crippen LogP contribution < -0.4 is 5.32 Å². The molecule has 1 saturated heterocycles. The Morgan fingerprint density at radius 2 is 1.78 bits per heavy atom. The number of aromatic nitrogens is 1. The van der Waals surface area contributed by atoms with E-state index in [0.717, 1.165) is 0 Å². The molecule has 2 rings (SSSR count). The summed E-state index contributed by atoms with van der Waals surface area (Å²) >= 11 is 0. The highest BCUT2D eigenvalue weighted by Gasteiger charge is 2.31. The molecule has 0 radical (unpaired) electrons. The smallest absolute Gasteiger partial charge is 0.253 e. The van der Waals surface area contributed by atoms with Gasteiger partial charge in [-0.3, -0.25) is 4.79 Å². The number of carbonyl (C=O) groups is 1. The fraction of sp³-hybridized carbons (Fsp3) is 0.400. The molecule has 1 aromatic heterocycles. The summed E-state index contributed by atoms with van der Waals surface area (Å²) in [5.74, 6) is -7.19. The van der Waals surface area contributed by atoms with Gasteiger partial charge in [0.15, 0.2) is 0 Å². The second kappa shape index (κ2) is 4.43. The van der Waals surface area contributed by atoms with E-state index in [2.05, 4.69) is 10.3 Å². The predicted molar refractivity (Wildman–Crippen MR) is 53.7 cm³/mol. The van der Waals surface area contributed by atoms with Crippen molar-refractivity contribution >= 4 is 11.6 Å². The molecule has 0 spiro atoms. The molecule has 0 bridgehead atoms. The van der Waals surface area contributed by atoms with Crippen molar-refractivity contribution < 1.29 is 22.4 Å². The van der Waals surface area contributed by atoms with Crippen molar-refractivity contribution in [2.24, 2.45) is 0 Å². The van der Waals surface area contributed by atoms with E-state index in [1.165, 1.54) is 11.9 Å². The number of likely N-dealkylation sites (tertiary alicyclic amines) is 1. The summed E-state index contributed by atoms with van der Waals surface area (Å²) in [5, 5.41) is 2.18. The maximum atomic E-state index is 13.3. The van der Waals surface area contributed by atoms with Gasteiger partial charge in [-0.2, -0.15) is 22.5 Å². The molecule has 0 aliphatic carbocycles. The first kappa shape index (κ1) is 12.6. The van der Waals surface area contributed by atoms with Crippen molar-refractivity contribution in [1.29, 1.82) is 0 Å². The Kier molecular flexibility index (Phi) is 3.10. The summed E-state index contributed by atoms with van der Waals surface area (Å²) in [6.07, 6.45) is 0.291. The minimum atomic E-state index is -1.75. The van der Waals surface area contributed by atoms with Gasteiger partial charge in [0.05, 0.1) is 0 Å². The topological polar surface area (TPSA) is 45.2 Å². The number of nitrogens with one attached hydrogen (secondary N) is 1. The average Bonchev–Trinajstić information content (AvgIpc) is 2.64. The molecule has 4 nitrogen and oxygen atoms in total. The largest absolute Gasteiger partial charge is 0.369 e. The number of likely N-dealkylation sites (N-methyl/N-ethyl adjacent to an activating group) is 1. The number of pyridine rings is 1. The van der Waals surface area contributed by atoms with Crippen LogP contribution in [0.15, 0.2) is 0 Å². The highest BCUT2D eigenvalue weighted by Crippen LogP contribution is 2.24. The summed E-state index contributed by atoms with van der Waals surface area (Å²) in [6.45, 7) is 0.399. The second-order valence-electron chi connectivity index (χ2n) is 3.94. The quantitative estimate of drug-likeness (QED) is 0.646. The molecule has 2 heterocycles. The SMILES string of the molecule is CN1CCC(Nc2c(F)c(F)nc(F)c2F)C1=O. The minimum absolute atomic E-state index is 0.291. The third-order valence-corrected chi connectivity index (χ3v) is 2.74. The first-order valence-corrected chi connectivity index (χ1v) is 5.13. The molecule has 1 N–H and O–H groups in total. The van der Waals surface area contributed by atoms with Gasteiger partial charge in [0.1, 0.15) is 11.7 Å². The minimum Gasteiger partial charge on any atom is -0.369 e. The van der Waals surface area contributed by atoms with Crippen LogP contribution in [0, 0.1) is 23.5 Å². The fourth-order valence-corrected chi connectivity index (χ4v) is 1.74. The van der Waals surface area contributed by atoms with Gasteiger partial charge in [0.2, 0.25) is 17.5 Å². The van der Waals surface area contributed by atoms with Gasteiger partial charge in [-0.25, -0.2) is 0 Å². The Labute approximate surface area is 99.6 Å². The van der Waals surface area contributed by atoms with Crippen LogP contribution in [0.4, 0.5) is 23.2 Å². The molecule has 1 atom stereocenters. The zero-order valence-corrected chi connectivity index (χ0v) is 9.31. The lowest BCUT2D eigenvalue weighted by molar-refractivity contribution is -0.127. The lowest BCUT2D eigenvalue weighted by Crippen LogP contribution is -2.32. The lowest BCUT2D eigenvalue weighted by Gasteiger charge is -2.14. The Morgan fingerprint density at radius 1 is 1.22 bits per heavy atom. The van der Waals surface area contributed by atoms with Gasteiger partial charge in [-0.15, -0.1) is 0 Å². The molecule has 0 aromatic carbocycles. The van der Waals surface area contributed by atoms with Crippen molar-refractivity contribution in [3.8, 4) is 0 Å². The van der Waals surface area contributed by atoms with Crippen molar-refractivity contribution in [3.63, 3.8) is 0 Å². The molecular weight excluding hydrogens is 254 g/mol. The van der Waals surface area contributed by atoms with Gasteiger partial charge >= 0.3 is 0 Å². The van der Waals surface area contributed by atoms with E-state index in [1.807, 2.05) is 0 Å². The first-order chi connectivity index (χ1) is 8.41. The van der Waals surface area contributed by atoms with Crippen LogP contribution in [0.25, 0.3) is 0 Å². The van der Waals surface area contributed by atoms with Gasteiger partial charge in [0.25, 0.3) is 11.9 Å². The third-order valence-electron chi connectivity index (χ3n) is 2.74. The second-order valence-corrected chi connectivity index (χ2v) is 3.94. The number of amides is 1. The van der Waals surface area contributed by atoms with Crippen LogP contribution in [0.3, 0.4) is 0 Å². The monoisotopic (exact) mass is 263 g/mol. The number of halogens is 4. The highest BCUT2D eigenvalue weighted by molar-refractivity contribution is 5.86. The number of rotatable bonds is 2. The zero-order chi connectivity index (χ0) is 13.4. The Hall–Kier alpha value is -1.86. The van der Waals surface area contributed by atoms with Crippen molar-refractivity contribution in [3.05, 3.63) is 23.5 Å². The summed E-state index contributed by atoms with van der Waals surface area (Å²) < 4.78 is 52.3.